The Morgan fingerprint density at radius 3 is 2.42 bits per heavy atom. The van der Waals surface area contributed by atoms with Crippen LogP contribution in [-0.2, 0) is 9.59 Å². The third kappa shape index (κ3) is 4.60. The normalized spacial score (nSPS) is 10.0. The lowest BCUT2D eigenvalue weighted by atomic mass is 10.2. The summed E-state index contributed by atoms with van der Waals surface area (Å²) in [6.45, 7) is 0. The number of phenols is 2. The highest BCUT2D eigenvalue weighted by molar-refractivity contribution is 5.97. The Labute approximate surface area is 138 Å². The van der Waals surface area contributed by atoms with Crippen LogP contribution in [0.5, 0.6) is 17.4 Å². The Morgan fingerprint density at radius 1 is 1.04 bits per heavy atom. The summed E-state index contributed by atoms with van der Waals surface area (Å²) in [5.41, 5.74) is 0.0786. The lowest BCUT2D eigenvalue weighted by Gasteiger charge is -2.08. The number of para-hydroxylation sites is 1. The summed E-state index contributed by atoms with van der Waals surface area (Å²) >= 11 is 0. The minimum atomic E-state index is -0.468. The van der Waals surface area contributed by atoms with E-state index in [-0.39, 0.29) is 30.2 Å². The van der Waals surface area contributed by atoms with Gasteiger partial charge in [-0.15, -0.1) is 0 Å². The fraction of sp³-hybridized carbons (Fsp3) is 0.188. The highest BCUT2D eigenvalue weighted by Crippen LogP contribution is 2.32. The van der Waals surface area contributed by atoms with Crippen molar-refractivity contribution in [2.24, 2.45) is 0 Å². The Balaban J connectivity index is 1.84. The molecular weight excluding hydrogens is 314 g/mol. The molecule has 4 N–H and O–H groups in total. The van der Waals surface area contributed by atoms with Crippen LogP contribution in [-0.4, -0.2) is 34.1 Å². The Bertz CT molecular complexity index is 748. The van der Waals surface area contributed by atoms with Gasteiger partial charge in [0.05, 0.1) is 12.8 Å². The van der Waals surface area contributed by atoms with Crippen LogP contribution in [0.15, 0.2) is 36.4 Å². The van der Waals surface area contributed by atoms with E-state index in [0.29, 0.717) is 11.7 Å². The molecule has 0 aliphatic rings. The number of hydrogen-bond acceptors (Lipinski definition) is 6. The zero-order valence-electron chi connectivity index (χ0n) is 12.9. The summed E-state index contributed by atoms with van der Waals surface area (Å²) in [5, 5.41) is 23.9. The summed E-state index contributed by atoms with van der Waals surface area (Å²) in [4.78, 5) is 27.7. The average molecular weight is 331 g/mol. The van der Waals surface area contributed by atoms with Gasteiger partial charge in [-0.05, 0) is 18.2 Å². The maximum absolute atomic E-state index is 11.8. The highest BCUT2D eigenvalue weighted by atomic mass is 16.5. The van der Waals surface area contributed by atoms with E-state index in [4.69, 9.17) is 4.74 Å². The molecule has 0 radical (unpaired) electrons. The van der Waals surface area contributed by atoms with Crippen LogP contribution < -0.4 is 15.4 Å². The van der Waals surface area contributed by atoms with Gasteiger partial charge in [0.2, 0.25) is 17.7 Å². The molecule has 1 heterocycles. The lowest BCUT2D eigenvalue weighted by molar-refractivity contribution is -0.121. The van der Waals surface area contributed by atoms with Gasteiger partial charge < -0.3 is 25.6 Å². The molecule has 0 unspecified atom stereocenters. The van der Waals surface area contributed by atoms with Crippen molar-refractivity contribution in [3.05, 3.63) is 36.4 Å². The number of ether oxygens (including phenoxy) is 1. The average Bonchev–Trinajstić information content (AvgIpc) is 2.57. The zero-order chi connectivity index (χ0) is 17.5. The van der Waals surface area contributed by atoms with Crippen molar-refractivity contribution in [1.29, 1.82) is 0 Å². The number of rotatable bonds is 6. The molecule has 1 aromatic heterocycles. The summed E-state index contributed by atoms with van der Waals surface area (Å²) in [6.07, 6.45) is -0.158. The molecule has 0 bridgehead atoms. The maximum atomic E-state index is 11.8. The second kappa shape index (κ2) is 7.82. The highest BCUT2D eigenvalue weighted by Gasteiger charge is 2.12. The third-order valence-electron chi connectivity index (χ3n) is 3.07. The molecule has 0 aliphatic heterocycles. The predicted octanol–water partition coefficient (Wildman–Crippen LogP) is 1.86. The molecule has 2 aromatic rings. The second-order valence-corrected chi connectivity index (χ2v) is 4.83. The molecule has 2 rings (SSSR count). The van der Waals surface area contributed by atoms with Crippen LogP contribution in [0.3, 0.4) is 0 Å². The zero-order valence-corrected chi connectivity index (χ0v) is 12.9. The van der Waals surface area contributed by atoms with Gasteiger partial charge in [-0.1, -0.05) is 12.1 Å². The number of phenolic OH excluding ortho intramolecular Hbond substituents is 2. The van der Waals surface area contributed by atoms with Gasteiger partial charge in [-0.25, -0.2) is 0 Å². The molecule has 0 saturated heterocycles. The van der Waals surface area contributed by atoms with Gasteiger partial charge in [0.1, 0.15) is 5.82 Å². The fourth-order valence-corrected chi connectivity index (χ4v) is 1.88. The van der Waals surface area contributed by atoms with E-state index >= 15 is 0 Å². The lowest BCUT2D eigenvalue weighted by Crippen LogP contribution is -2.17. The summed E-state index contributed by atoms with van der Waals surface area (Å²) in [5.74, 6) is -0.920. The smallest absolute Gasteiger partial charge is 0.226 e. The van der Waals surface area contributed by atoms with Gasteiger partial charge in [-0.3, -0.25) is 9.59 Å². The summed E-state index contributed by atoms with van der Waals surface area (Å²) in [6, 6.07) is 9.13. The topological polar surface area (TPSA) is 121 Å². The molecule has 0 atom stereocenters. The first-order valence-electron chi connectivity index (χ1n) is 7.11. The van der Waals surface area contributed by atoms with Gasteiger partial charge >= 0.3 is 0 Å². The SMILES string of the molecule is COc1cccc(NC(=O)CCC(=O)Nc2cccc(O)c2O)n1. The number of anilines is 2. The van der Waals surface area contributed by atoms with E-state index in [1.807, 2.05) is 0 Å². The van der Waals surface area contributed by atoms with Gasteiger partial charge in [0.25, 0.3) is 0 Å². The first-order chi connectivity index (χ1) is 11.5. The van der Waals surface area contributed by atoms with Crippen LogP contribution in [0.25, 0.3) is 0 Å². The van der Waals surface area contributed by atoms with Crippen LogP contribution in [0.4, 0.5) is 11.5 Å². The van der Waals surface area contributed by atoms with Crippen LogP contribution >= 0.6 is 0 Å². The number of aromatic hydroxyl groups is 2. The standard InChI is InChI=1S/C16H17N3O5/c1-24-15-7-3-6-12(19-15)18-14(22)9-8-13(21)17-10-4-2-5-11(20)16(10)23/h2-7,20,23H,8-9H2,1H3,(H,17,21)(H,18,19,22). The molecular formula is C16H17N3O5. The first kappa shape index (κ1) is 17.1. The van der Waals surface area contributed by atoms with E-state index in [9.17, 15) is 19.8 Å². The molecule has 8 heteroatoms. The number of carbonyl (C=O) groups is 2. The Hall–Kier alpha value is -3.29. The quantitative estimate of drug-likeness (QED) is 0.600. The number of amides is 2. The van der Waals surface area contributed by atoms with Crippen molar-refractivity contribution in [2.45, 2.75) is 12.8 Å². The fourth-order valence-electron chi connectivity index (χ4n) is 1.88. The van der Waals surface area contributed by atoms with E-state index in [1.54, 1.807) is 18.2 Å². The molecule has 0 saturated carbocycles. The van der Waals surface area contributed by atoms with Crippen LogP contribution in [0.2, 0.25) is 0 Å². The van der Waals surface area contributed by atoms with Gasteiger partial charge in [0, 0.05) is 18.9 Å². The van der Waals surface area contributed by atoms with Crippen molar-refractivity contribution >= 4 is 23.3 Å². The van der Waals surface area contributed by atoms with Crippen LogP contribution in [0.1, 0.15) is 12.8 Å². The number of nitrogens with zero attached hydrogens (tertiary/aromatic N) is 1. The molecule has 0 spiro atoms. The molecule has 126 valence electrons. The van der Waals surface area contributed by atoms with E-state index in [2.05, 4.69) is 15.6 Å². The van der Waals surface area contributed by atoms with E-state index in [1.165, 1.54) is 25.3 Å². The van der Waals surface area contributed by atoms with Crippen LogP contribution in [0, 0.1) is 0 Å². The number of aromatic nitrogens is 1. The molecule has 2 amide bonds. The monoisotopic (exact) mass is 331 g/mol. The largest absolute Gasteiger partial charge is 0.504 e. The number of pyridine rings is 1. The molecule has 24 heavy (non-hydrogen) atoms. The number of methoxy groups -OCH3 is 1. The third-order valence-corrected chi connectivity index (χ3v) is 3.07. The predicted molar refractivity (Wildman–Crippen MR) is 87.1 cm³/mol. The molecule has 1 aromatic carbocycles. The number of hydrogen-bond donors (Lipinski definition) is 4. The summed E-state index contributed by atoms with van der Waals surface area (Å²) in [7, 11) is 1.47. The summed E-state index contributed by atoms with van der Waals surface area (Å²) < 4.78 is 4.95. The van der Waals surface area contributed by atoms with Crippen molar-refractivity contribution < 1.29 is 24.5 Å². The van der Waals surface area contributed by atoms with Crippen molar-refractivity contribution in [3.8, 4) is 17.4 Å². The first-order valence-corrected chi connectivity index (χ1v) is 7.11. The van der Waals surface area contributed by atoms with Crippen molar-refractivity contribution in [3.63, 3.8) is 0 Å². The minimum Gasteiger partial charge on any atom is -0.504 e. The van der Waals surface area contributed by atoms with Crippen molar-refractivity contribution in [1.82, 2.24) is 4.98 Å². The van der Waals surface area contributed by atoms with E-state index < -0.39 is 11.7 Å². The molecule has 8 nitrogen and oxygen atoms in total. The second-order valence-electron chi connectivity index (χ2n) is 4.83. The Kier molecular flexibility index (Phi) is 5.56. The molecule has 0 aliphatic carbocycles. The molecule has 0 fully saturated rings. The minimum absolute atomic E-state index is 0.0652. The maximum Gasteiger partial charge on any atom is 0.226 e. The van der Waals surface area contributed by atoms with Gasteiger partial charge in [0.15, 0.2) is 11.5 Å². The Morgan fingerprint density at radius 2 is 1.71 bits per heavy atom. The van der Waals surface area contributed by atoms with E-state index in [0.717, 1.165) is 0 Å². The number of nitrogens with one attached hydrogen (secondary N) is 2. The van der Waals surface area contributed by atoms with Crippen molar-refractivity contribution in [2.75, 3.05) is 17.7 Å². The number of carbonyl (C=O) groups excluding carboxylic acids is 2. The van der Waals surface area contributed by atoms with Gasteiger partial charge in [-0.2, -0.15) is 4.98 Å². The number of benzene rings is 1.